The van der Waals surface area contributed by atoms with Crippen molar-refractivity contribution in [1.82, 2.24) is 5.32 Å². The third-order valence-corrected chi connectivity index (χ3v) is 5.57. The first-order valence-electron chi connectivity index (χ1n) is 9.90. The average Bonchev–Trinajstić information content (AvgIpc) is 2.74. The van der Waals surface area contributed by atoms with Gasteiger partial charge in [0.25, 0.3) is 0 Å². The number of anilines is 1. The summed E-state index contributed by atoms with van der Waals surface area (Å²) in [6.45, 7) is 0. The second kappa shape index (κ2) is 9.51. The number of carboxylic acid groups (broad SMARTS) is 1. The lowest BCUT2D eigenvalue weighted by molar-refractivity contribution is -0.143. The first-order chi connectivity index (χ1) is 13.5. The molecule has 0 radical (unpaired) electrons. The fourth-order valence-electron chi connectivity index (χ4n) is 3.87. The number of aliphatic carboxylic acids is 1. The van der Waals surface area contributed by atoms with E-state index in [4.69, 9.17) is 0 Å². The van der Waals surface area contributed by atoms with Crippen molar-refractivity contribution < 1.29 is 14.7 Å². The van der Waals surface area contributed by atoms with Gasteiger partial charge >= 0.3 is 5.97 Å². The fraction of sp³-hybridized carbons (Fsp3) is 0.391. The maximum absolute atomic E-state index is 13.3. The molecule has 5 heteroatoms. The largest absolute Gasteiger partial charge is 0.481 e. The Morgan fingerprint density at radius 3 is 2.14 bits per heavy atom. The highest BCUT2D eigenvalue weighted by atomic mass is 16.4. The maximum Gasteiger partial charge on any atom is 0.306 e. The molecule has 1 amide bonds. The molecular weight excluding hydrogens is 352 g/mol. The Labute approximate surface area is 166 Å². The Kier molecular flexibility index (Phi) is 6.82. The monoisotopic (exact) mass is 380 g/mol. The van der Waals surface area contributed by atoms with Crippen molar-refractivity contribution in [2.45, 2.75) is 44.2 Å². The molecule has 2 N–H and O–H groups in total. The normalized spacial score (nSPS) is 20.3. The Bertz CT molecular complexity index is 771. The molecule has 1 aliphatic carbocycles. The van der Waals surface area contributed by atoms with E-state index in [-0.39, 0.29) is 23.9 Å². The molecule has 0 unspecified atom stereocenters. The third-order valence-electron chi connectivity index (χ3n) is 5.57. The smallest absolute Gasteiger partial charge is 0.306 e. The van der Waals surface area contributed by atoms with Crippen LogP contribution < -0.4 is 10.2 Å². The van der Waals surface area contributed by atoms with Crippen molar-refractivity contribution in [2.75, 3.05) is 11.9 Å². The van der Waals surface area contributed by atoms with Crippen molar-refractivity contribution in [3.8, 4) is 0 Å². The number of carboxylic acids is 1. The van der Waals surface area contributed by atoms with E-state index in [2.05, 4.69) is 5.32 Å². The van der Waals surface area contributed by atoms with Gasteiger partial charge in [-0.3, -0.25) is 9.59 Å². The molecule has 28 heavy (non-hydrogen) atoms. The van der Waals surface area contributed by atoms with E-state index >= 15 is 0 Å². The van der Waals surface area contributed by atoms with Crippen LogP contribution in [0.2, 0.25) is 0 Å². The van der Waals surface area contributed by atoms with Gasteiger partial charge in [0.1, 0.15) is 0 Å². The van der Waals surface area contributed by atoms with Gasteiger partial charge in [-0.05, 0) is 49.8 Å². The van der Waals surface area contributed by atoms with Crippen LogP contribution in [0.3, 0.4) is 0 Å². The minimum atomic E-state index is -0.709. The van der Waals surface area contributed by atoms with Crippen molar-refractivity contribution in [3.63, 3.8) is 0 Å². The van der Waals surface area contributed by atoms with Gasteiger partial charge in [0.2, 0.25) is 5.91 Å². The van der Waals surface area contributed by atoms with Crippen LogP contribution in [0.4, 0.5) is 5.69 Å². The van der Waals surface area contributed by atoms with Gasteiger partial charge in [-0.2, -0.15) is 0 Å². The predicted octanol–water partition coefficient (Wildman–Crippen LogP) is 3.49. The topological polar surface area (TPSA) is 69.6 Å². The lowest BCUT2D eigenvalue weighted by atomic mass is 9.85. The van der Waals surface area contributed by atoms with Crippen LogP contribution in [-0.2, 0) is 16.0 Å². The average molecular weight is 380 g/mol. The SMILES string of the molecule is CN(C(=O)[C@H](Cc1ccccc1)NC1CCC(C(=O)O)CC1)c1ccccc1. The minimum Gasteiger partial charge on any atom is -0.481 e. The summed E-state index contributed by atoms with van der Waals surface area (Å²) in [7, 11) is 1.80. The number of nitrogens with one attached hydrogen (secondary N) is 1. The number of carbonyl (C=O) groups is 2. The summed E-state index contributed by atoms with van der Waals surface area (Å²) in [6.07, 6.45) is 3.49. The van der Waals surface area contributed by atoms with Crippen LogP contribution in [-0.4, -0.2) is 36.1 Å². The van der Waals surface area contributed by atoms with Gasteiger partial charge in [-0.1, -0.05) is 48.5 Å². The number of hydrogen-bond acceptors (Lipinski definition) is 3. The standard InChI is InChI=1S/C23H28N2O3/c1-25(20-10-6-3-7-11-20)22(26)21(16-17-8-4-2-5-9-17)24-19-14-12-18(13-15-19)23(27)28/h2-11,18-19,21,24H,12-16H2,1H3,(H,27,28)/t18?,19?,21-/m0/s1. The Hall–Kier alpha value is -2.66. The first kappa shape index (κ1) is 20.1. The van der Waals surface area contributed by atoms with Gasteiger partial charge in [-0.25, -0.2) is 0 Å². The number of nitrogens with zero attached hydrogens (tertiary/aromatic N) is 1. The molecule has 0 aromatic heterocycles. The lowest BCUT2D eigenvalue weighted by Crippen LogP contribution is -2.51. The lowest BCUT2D eigenvalue weighted by Gasteiger charge is -2.32. The number of likely N-dealkylation sites (N-methyl/N-ethyl adjacent to an activating group) is 1. The Balaban J connectivity index is 1.71. The summed E-state index contributed by atoms with van der Waals surface area (Å²) in [5.74, 6) is -0.942. The highest BCUT2D eigenvalue weighted by Crippen LogP contribution is 2.25. The summed E-state index contributed by atoms with van der Waals surface area (Å²) in [6, 6.07) is 19.4. The van der Waals surface area contributed by atoms with E-state index in [1.807, 2.05) is 60.7 Å². The number of carbonyl (C=O) groups excluding carboxylic acids is 1. The molecule has 1 saturated carbocycles. The van der Waals surface area contributed by atoms with E-state index in [0.29, 0.717) is 19.3 Å². The zero-order valence-corrected chi connectivity index (χ0v) is 16.3. The minimum absolute atomic E-state index is 0.0235. The second-order valence-corrected chi connectivity index (χ2v) is 7.53. The van der Waals surface area contributed by atoms with E-state index in [9.17, 15) is 14.7 Å². The van der Waals surface area contributed by atoms with Crippen LogP contribution in [0.25, 0.3) is 0 Å². The number of hydrogen-bond donors (Lipinski definition) is 2. The summed E-state index contributed by atoms with van der Waals surface area (Å²) in [5, 5.41) is 12.7. The molecule has 0 bridgehead atoms. The third kappa shape index (κ3) is 5.20. The maximum atomic E-state index is 13.3. The summed E-state index contributed by atoms with van der Waals surface area (Å²) in [4.78, 5) is 26.2. The number of benzene rings is 2. The molecule has 1 fully saturated rings. The van der Waals surface area contributed by atoms with E-state index in [0.717, 1.165) is 24.1 Å². The van der Waals surface area contributed by atoms with E-state index < -0.39 is 5.97 Å². The highest BCUT2D eigenvalue weighted by Gasteiger charge is 2.30. The molecule has 5 nitrogen and oxygen atoms in total. The van der Waals surface area contributed by atoms with Crippen molar-refractivity contribution >= 4 is 17.6 Å². The molecular formula is C23H28N2O3. The molecule has 3 rings (SSSR count). The molecule has 148 valence electrons. The number of rotatable bonds is 7. The van der Waals surface area contributed by atoms with Crippen LogP contribution in [0.1, 0.15) is 31.2 Å². The second-order valence-electron chi connectivity index (χ2n) is 7.53. The Morgan fingerprint density at radius 2 is 1.57 bits per heavy atom. The van der Waals surface area contributed by atoms with Gasteiger partial charge < -0.3 is 15.3 Å². The molecule has 2 aromatic carbocycles. The Morgan fingerprint density at radius 1 is 1.00 bits per heavy atom. The van der Waals surface area contributed by atoms with Crippen molar-refractivity contribution in [1.29, 1.82) is 0 Å². The van der Waals surface area contributed by atoms with Crippen LogP contribution >= 0.6 is 0 Å². The molecule has 1 atom stereocenters. The summed E-state index contributed by atoms with van der Waals surface area (Å²) < 4.78 is 0. The van der Waals surface area contributed by atoms with Crippen molar-refractivity contribution in [2.24, 2.45) is 5.92 Å². The molecule has 0 saturated heterocycles. The number of amides is 1. The fourth-order valence-corrected chi connectivity index (χ4v) is 3.87. The van der Waals surface area contributed by atoms with Crippen molar-refractivity contribution in [3.05, 3.63) is 66.2 Å². The van der Waals surface area contributed by atoms with Crippen LogP contribution in [0.15, 0.2) is 60.7 Å². The summed E-state index contributed by atoms with van der Waals surface area (Å²) in [5.41, 5.74) is 1.97. The molecule has 0 heterocycles. The van der Waals surface area contributed by atoms with E-state index in [1.165, 1.54) is 0 Å². The zero-order chi connectivity index (χ0) is 19.9. The van der Waals surface area contributed by atoms with Gasteiger partial charge in [0.15, 0.2) is 0 Å². The van der Waals surface area contributed by atoms with Gasteiger partial charge in [0, 0.05) is 18.8 Å². The molecule has 0 aliphatic heterocycles. The molecule has 0 spiro atoms. The summed E-state index contributed by atoms with van der Waals surface area (Å²) >= 11 is 0. The molecule has 2 aromatic rings. The predicted molar refractivity (Wildman–Crippen MR) is 110 cm³/mol. The zero-order valence-electron chi connectivity index (χ0n) is 16.3. The van der Waals surface area contributed by atoms with Gasteiger partial charge in [-0.15, -0.1) is 0 Å². The van der Waals surface area contributed by atoms with Crippen LogP contribution in [0.5, 0.6) is 0 Å². The highest BCUT2D eigenvalue weighted by molar-refractivity contribution is 5.96. The van der Waals surface area contributed by atoms with Gasteiger partial charge in [0.05, 0.1) is 12.0 Å². The molecule has 1 aliphatic rings. The quantitative estimate of drug-likeness (QED) is 0.771. The first-order valence-corrected chi connectivity index (χ1v) is 9.90. The number of para-hydroxylation sites is 1. The van der Waals surface area contributed by atoms with Crippen LogP contribution in [0, 0.1) is 5.92 Å². The van der Waals surface area contributed by atoms with E-state index in [1.54, 1.807) is 11.9 Å².